The molecule has 2 aromatic rings. The largest absolute Gasteiger partial charge is 0.474 e. The Morgan fingerprint density at radius 3 is 2.79 bits per heavy atom. The second-order valence-electron chi connectivity index (χ2n) is 7.55. The van der Waals surface area contributed by atoms with Gasteiger partial charge in [-0.1, -0.05) is 19.8 Å². The first-order valence-corrected chi connectivity index (χ1v) is 11.9. The van der Waals surface area contributed by atoms with E-state index in [9.17, 15) is 0 Å². The van der Waals surface area contributed by atoms with Gasteiger partial charge in [-0.25, -0.2) is 4.99 Å². The summed E-state index contributed by atoms with van der Waals surface area (Å²) >= 11 is 3.13. The fourth-order valence-electron chi connectivity index (χ4n) is 3.63. The van der Waals surface area contributed by atoms with Crippen LogP contribution >= 0.6 is 23.1 Å². The highest BCUT2D eigenvalue weighted by Crippen LogP contribution is 2.30. The van der Waals surface area contributed by atoms with Crippen LogP contribution in [0.15, 0.2) is 22.1 Å². The van der Waals surface area contributed by atoms with E-state index in [-0.39, 0.29) is 6.04 Å². The van der Waals surface area contributed by atoms with E-state index in [1.165, 1.54) is 47.2 Å². The van der Waals surface area contributed by atoms with Crippen LogP contribution in [-0.4, -0.2) is 58.7 Å². The van der Waals surface area contributed by atoms with Crippen molar-refractivity contribution in [1.82, 2.24) is 13.6 Å². The van der Waals surface area contributed by atoms with Gasteiger partial charge in [0.15, 0.2) is 0 Å². The second kappa shape index (κ2) is 9.77. The van der Waals surface area contributed by atoms with Crippen molar-refractivity contribution in [3.05, 3.63) is 21.9 Å². The topological polar surface area (TPSA) is 66.2 Å². The number of likely N-dealkylation sites (N-methyl/N-ethyl adjacent to an activating group) is 1. The third-order valence-electron chi connectivity index (χ3n) is 5.13. The highest BCUT2D eigenvalue weighted by atomic mass is 32.1. The lowest BCUT2D eigenvalue weighted by atomic mass is 10.2. The van der Waals surface area contributed by atoms with Gasteiger partial charge in [0.1, 0.15) is 18.2 Å². The lowest BCUT2D eigenvalue weighted by molar-refractivity contribution is 0.296. The van der Waals surface area contributed by atoms with Gasteiger partial charge < -0.3 is 4.74 Å². The summed E-state index contributed by atoms with van der Waals surface area (Å²) < 4.78 is 14.9. The van der Waals surface area contributed by atoms with Crippen molar-refractivity contribution in [3.8, 4) is 5.88 Å². The molecule has 0 N–H and O–H groups in total. The fourth-order valence-corrected chi connectivity index (χ4v) is 5.24. The number of aliphatic imine (C=N–C) groups is 2. The van der Waals surface area contributed by atoms with Gasteiger partial charge in [0.05, 0.1) is 25.0 Å². The van der Waals surface area contributed by atoms with Crippen molar-refractivity contribution in [1.29, 1.82) is 0 Å². The van der Waals surface area contributed by atoms with Crippen molar-refractivity contribution < 1.29 is 4.74 Å². The van der Waals surface area contributed by atoms with Crippen LogP contribution in [0.1, 0.15) is 42.4 Å². The predicted molar refractivity (Wildman–Crippen MR) is 121 cm³/mol. The number of ether oxygens (including phenoxy) is 1. The molecule has 1 unspecified atom stereocenters. The first-order chi connectivity index (χ1) is 14.2. The molecule has 9 heteroatoms. The van der Waals surface area contributed by atoms with Crippen LogP contribution in [0.2, 0.25) is 0 Å². The summed E-state index contributed by atoms with van der Waals surface area (Å²) in [6.07, 6.45) is 8.75. The minimum Gasteiger partial charge on any atom is -0.474 e. The van der Waals surface area contributed by atoms with Crippen molar-refractivity contribution in [2.45, 2.75) is 51.5 Å². The molecule has 0 amide bonds. The Labute approximate surface area is 180 Å². The van der Waals surface area contributed by atoms with E-state index in [0.717, 1.165) is 37.7 Å². The number of nitrogens with zero attached hydrogens (tertiary/aromatic N) is 6. The van der Waals surface area contributed by atoms with Crippen LogP contribution in [0.4, 0.5) is 5.82 Å². The Bertz CT molecular complexity index is 861. The summed E-state index contributed by atoms with van der Waals surface area (Å²) in [5.74, 6) is 2.30. The van der Waals surface area contributed by atoms with Gasteiger partial charge in [-0.2, -0.15) is 4.37 Å². The minimum absolute atomic E-state index is 0.0775. The normalized spacial score (nSPS) is 18.9. The molecule has 7 nitrogen and oxygen atoms in total. The Kier molecular flexibility index (Phi) is 6.89. The smallest absolute Gasteiger partial charge is 0.271 e. The zero-order chi connectivity index (χ0) is 20.1. The average Bonchev–Trinajstić information content (AvgIpc) is 3.45. The molecule has 0 radical (unpaired) electrons. The van der Waals surface area contributed by atoms with E-state index < -0.39 is 0 Å². The minimum atomic E-state index is 0.0775. The van der Waals surface area contributed by atoms with Crippen molar-refractivity contribution in [3.63, 3.8) is 0 Å². The first-order valence-electron chi connectivity index (χ1n) is 10.3. The van der Waals surface area contributed by atoms with Crippen molar-refractivity contribution >= 4 is 41.1 Å². The number of amidine groups is 1. The van der Waals surface area contributed by atoms with Gasteiger partial charge >= 0.3 is 0 Å². The van der Waals surface area contributed by atoms with Crippen molar-refractivity contribution in [2.24, 2.45) is 9.98 Å². The van der Waals surface area contributed by atoms with Crippen LogP contribution in [-0.2, 0) is 12.8 Å². The molecule has 0 spiro atoms. The van der Waals surface area contributed by atoms with E-state index in [1.807, 2.05) is 11.3 Å². The molecule has 1 saturated heterocycles. The molecule has 29 heavy (non-hydrogen) atoms. The summed E-state index contributed by atoms with van der Waals surface area (Å²) in [6, 6.07) is 4.63. The number of thiophene rings is 1. The van der Waals surface area contributed by atoms with Gasteiger partial charge in [-0.05, 0) is 44.9 Å². The summed E-state index contributed by atoms with van der Waals surface area (Å²) in [7, 11) is 2.08. The van der Waals surface area contributed by atoms with Crippen LogP contribution in [0.3, 0.4) is 0 Å². The summed E-state index contributed by atoms with van der Waals surface area (Å²) in [4.78, 5) is 16.1. The van der Waals surface area contributed by atoms with Crippen LogP contribution in [0.5, 0.6) is 5.88 Å². The number of aryl methyl sites for hydroxylation is 2. The summed E-state index contributed by atoms with van der Waals surface area (Å²) in [5.41, 5.74) is 0. The lowest BCUT2D eigenvalue weighted by Gasteiger charge is -2.36. The predicted octanol–water partition coefficient (Wildman–Crippen LogP) is 3.86. The highest BCUT2D eigenvalue weighted by Gasteiger charge is 2.35. The van der Waals surface area contributed by atoms with Gasteiger partial charge in [-0.3, -0.25) is 14.8 Å². The summed E-state index contributed by atoms with van der Waals surface area (Å²) in [5, 5.41) is 0. The number of unbranched alkanes of at least 4 members (excludes halogenated alkanes) is 2. The highest BCUT2D eigenvalue weighted by molar-refractivity contribution is 7.11. The first kappa shape index (κ1) is 20.4. The van der Waals surface area contributed by atoms with Gasteiger partial charge in [0.25, 0.3) is 5.88 Å². The Hall–Kier alpha value is -1.84. The maximum atomic E-state index is 6.01. The van der Waals surface area contributed by atoms with Crippen LogP contribution < -0.4 is 9.64 Å². The lowest BCUT2D eigenvalue weighted by Crippen LogP contribution is -2.53. The molecule has 2 aliphatic heterocycles. The molecular formula is C20H28N6OS2. The molecule has 1 fully saturated rings. The number of hydrogen-bond acceptors (Lipinski definition) is 9. The molecule has 4 rings (SSSR count). The molecule has 156 valence electrons. The number of anilines is 1. The van der Waals surface area contributed by atoms with Gasteiger partial charge in [0, 0.05) is 16.3 Å². The SMILES string of the molecule is CCCCCc1ccc(CCCOc2nsnc2N2CN(C)CC3N=CN=C32)s1. The number of fused-ring (bicyclic) bond motifs is 1. The van der Waals surface area contributed by atoms with Gasteiger partial charge in [0.2, 0.25) is 5.82 Å². The third-order valence-corrected chi connectivity index (χ3v) is 6.83. The Balaban J connectivity index is 1.28. The molecular weight excluding hydrogens is 404 g/mol. The van der Waals surface area contributed by atoms with E-state index in [4.69, 9.17) is 4.74 Å². The molecule has 4 heterocycles. The maximum absolute atomic E-state index is 6.01. The number of aromatic nitrogens is 2. The van der Waals surface area contributed by atoms with E-state index in [2.05, 4.69) is 54.6 Å². The van der Waals surface area contributed by atoms with E-state index in [0.29, 0.717) is 12.5 Å². The van der Waals surface area contributed by atoms with Gasteiger partial charge in [-0.15, -0.1) is 15.7 Å². The Morgan fingerprint density at radius 1 is 1.14 bits per heavy atom. The van der Waals surface area contributed by atoms with E-state index >= 15 is 0 Å². The molecule has 0 aromatic carbocycles. The zero-order valence-corrected chi connectivity index (χ0v) is 18.7. The zero-order valence-electron chi connectivity index (χ0n) is 17.1. The Morgan fingerprint density at radius 2 is 1.97 bits per heavy atom. The quantitative estimate of drug-likeness (QED) is 0.533. The second-order valence-corrected chi connectivity index (χ2v) is 9.33. The maximum Gasteiger partial charge on any atom is 0.271 e. The molecule has 2 aliphatic rings. The van der Waals surface area contributed by atoms with Crippen LogP contribution in [0.25, 0.3) is 0 Å². The fraction of sp³-hybridized carbons (Fsp3) is 0.600. The third kappa shape index (κ3) is 5.02. The number of rotatable bonds is 10. The standard InChI is InChI=1S/C20H28N6OS2/c1-3-4-5-7-15-9-10-16(28-15)8-6-11-27-20-19(23-29-24-20)26-14-25(2)12-17-18(26)22-13-21-17/h9-10,13,17H,3-8,11-12,14H2,1-2H3. The summed E-state index contributed by atoms with van der Waals surface area (Å²) in [6.45, 7) is 4.48. The van der Waals surface area contributed by atoms with Crippen LogP contribution in [0, 0.1) is 0 Å². The monoisotopic (exact) mass is 432 g/mol. The molecule has 0 aliphatic carbocycles. The molecule has 1 atom stereocenters. The molecule has 0 bridgehead atoms. The number of hydrogen-bond donors (Lipinski definition) is 0. The average molecular weight is 433 g/mol. The molecule has 2 aromatic heterocycles. The van der Waals surface area contributed by atoms with Crippen molar-refractivity contribution in [2.75, 3.05) is 31.8 Å². The molecule has 0 saturated carbocycles. The van der Waals surface area contributed by atoms with E-state index in [1.54, 1.807) is 6.34 Å².